The molecule has 3 N–H and O–H groups in total. The molecule has 0 saturated carbocycles. The molecule has 0 aromatic carbocycles. The Bertz CT molecular complexity index is 336. The molecule has 3 nitrogen and oxygen atoms in total. The summed E-state index contributed by atoms with van der Waals surface area (Å²) in [6, 6.07) is 0. The lowest BCUT2D eigenvalue weighted by Crippen LogP contribution is -2.36. The molecule has 1 heterocycles. The molecule has 4 heteroatoms. The van der Waals surface area contributed by atoms with Crippen molar-refractivity contribution >= 4 is 16.5 Å². The van der Waals surface area contributed by atoms with E-state index in [4.69, 9.17) is 5.73 Å². The van der Waals surface area contributed by atoms with Gasteiger partial charge in [-0.3, -0.25) is 0 Å². The third-order valence-corrected chi connectivity index (χ3v) is 4.44. The van der Waals surface area contributed by atoms with Crippen molar-refractivity contribution in [1.82, 2.24) is 4.98 Å². The second-order valence-electron chi connectivity index (χ2n) is 5.82. The maximum Gasteiger partial charge on any atom is 0.182 e. The largest absolute Gasteiger partial charge is 0.361 e. The van der Waals surface area contributed by atoms with Crippen molar-refractivity contribution in [3.63, 3.8) is 0 Å². The molecule has 0 fully saturated rings. The van der Waals surface area contributed by atoms with Gasteiger partial charge in [0.25, 0.3) is 0 Å². The molecular formula is C12H23N3S. The van der Waals surface area contributed by atoms with Crippen LogP contribution in [0.5, 0.6) is 0 Å². The summed E-state index contributed by atoms with van der Waals surface area (Å²) in [7, 11) is 0. The molecule has 1 aromatic rings. The van der Waals surface area contributed by atoms with Crippen LogP contribution in [-0.2, 0) is 6.54 Å². The average Bonchev–Trinajstić information content (AvgIpc) is 2.60. The number of nitrogens with zero attached hydrogens (tertiary/aromatic N) is 1. The van der Waals surface area contributed by atoms with Crippen LogP contribution in [-0.4, -0.2) is 11.5 Å². The number of aromatic nitrogens is 1. The molecular weight excluding hydrogens is 218 g/mol. The summed E-state index contributed by atoms with van der Waals surface area (Å²) in [5.41, 5.74) is 6.05. The average molecular weight is 241 g/mol. The number of nitrogens with one attached hydrogen (secondary N) is 1. The fraction of sp³-hybridized carbons (Fsp3) is 0.750. The second-order valence-corrected chi connectivity index (χ2v) is 6.94. The number of nitrogens with two attached hydrogens (primary N) is 1. The van der Waals surface area contributed by atoms with Gasteiger partial charge in [0.2, 0.25) is 0 Å². The van der Waals surface area contributed by atoms with E-state index in [1.165, 1.54) is 0 Å². The fourth-order valence-corrected chi connectivity index (χ4v) is 1.73. The van der Waals surface area contributed by atoms with Gasteiger partial charge in [0.15, 0.2) is 5.13 Å². The first-order valence-electron chi connectivity index (χ1n) is 5.65. The Morgan fingerprint density at radius 1 is 1.31 bits per heavy atom. The van der Waals surface area contributed by atoms with Gasteiger partial charge in [-0.1, -0.05) is 34.6 Å². The second kappa shape index (κ2) is 4.72. The van der Waals surface area contributed by atoms with Crippen LogP contribution in [0.2, 0.25) is 0 Å². The molecule has 0 unspecified atom stereocenters. The molecule has 0 aliphatic heterocycles. The molecule has 0 bridgehead atoms. The number of anilines is 1. The van der Waals surface area contributed by atoms with Crippen LogP contribution in [0.1, 0.15) is 39.5 Å². The summed E-state index contributed by atoms with van der Waals surface area (Å²) in [6.45, 7) is 12.8. The molecule has 16 heavy (non-hydrogen) atoms. The maximum atomic E-state index is 5.56. The van der Waals surface area contributed by atoms with Gasteiger partial charge in [-0.15, -0.1) is 11.3 Å². The van der Waals surface area contributed by atoms with E-state index >= 15 is 0 Å². The van der Waals surface area contributed by atoms with Gasteiger partial charge in [-0.2, -0.15) is 0 Å². The summed E-state index contributed by atoms with van der Waals surface area (Å²) in [5.74, 6) is 0. The zero-order valence-corrected chi connectivity index (χ0v) is 11.7. The highest BCUT2D eigenvalue weighted by molar-refractivity contribution is 7.15. The Hall–Kier alpha value is -0.610. The lowest BCUT2D eigenvalue weighted by atomic mass is 9.69. The highest BCUT2D eigenvalue weighted by Gasteiger charge is 2.32. The van der Waals surface area contributed by atoms with Crippen LogP contribution >= 0.6 is 11.3 Å². The number of hydrogen-bond donors (Lipinski definition) is 2. The summed E-state index contributed by atoms with van der Waals surface area (Å²) >= 11 is 1.64. The van der Waals surface area contributed by atoms with E-state index in [0.29, 0.717) is 6.54 Å². The monoisotopic (exact) mass is 241 g/mol. The number of rotatable bonds is 4. The van der Waals surface area contributed by atoms with E-state index in [9.17, 15) is 0 Å². The summed E-state index contributed by atoms with van der Waals surface area (Å²) in [6.07, 6.45) is 1.84. The molecule has 0 radical (unpaired) electrons. The van der Waals surface area contributed by atoms with Crippen LogP contribution in [0.4, 0.5) is 5.13 Å². The summed E-state index contributed by atoms with van der Waals surface area (Å²) in [5, 5.41) is 4.37. The van der Waals surface area contributed by atoms with E-state index in [1.807, 2.05) is 6.20 Å². The minimum Gasteiger partial charge on any atom is -0.361 e. The predicted molar refractivity (Wildman–Crippen MR) is 71.7 cm³/mol. The molecule has 92 valence electrons. The fourth-order valence-electron chi connectivity index (χ4n) is 1.05. The van der Waals surface area contributed by atoms with Gasteiger partial charge in [0.1, 0.15) is 0 Å². The molecule has 1 rings (SSSR count). The van der Waals surface area contributed by atoms with Crippen molar-refractivity contribution in [2.75, 3.05) is 11.9 Å². The van der Waals surface area contributed by atoms with Crippen molar-refractivity contribution in [2.24, 2.45) is 16.6 Å². The Balaban J connectivity index is 2.57. The van der Waals surface area contributed by atoms with Gasteiger partial charge in [0.05, 0.1) is 0 Å². The minimum atomic E-state index is 0.224. The van der Waals surface area contributed by atoms with Gasteiger partial charge in [0, 0.05) is 24.2 Å². The van der Waals surface area contributed by atoms with Gasteiger partial charge >= 0.3 is 0 Å². The first kappa shape index (κ1) is 13.5. The van der Waals surface area contributed by atoms with Gasteiger partial charge in [-0.05, 0) is 10.8 Å². The van der Waals surface area contributed by atoms with Crippen LogP contribution in [0.25, 0.3) is 0 Å². The Labute approximate surface area is 102 Å². The smallest absolute Gasteiger partial charge is 0.182 e. The van der Waals surface area contributed by atoms with Crippen LogP contribution < -0.4 is 11.1 Å². The first-order valence-corrected chi connectivity index (χ1v) is 6.46. The lowest BCUT2D eigenvalue weighted by molar-refractivity contribution is 0.148. The third kappa shape index (κ3) is 3.19. The predicted octanol–water partition coefficient (Wildman–Crippen LogP) is 3.09. The quantitative estimate of drug-likeness (QED) is 0.851. The number of hydrogen-bond acceptors (Lipinski definition) is 4. The van der Waals surface area contributed by atoms with Gasteiger partial charge < -0.3 is 11.1 Å². The zero-order valence-electron chi connectivity index (χ0n) is 10.9. The van der Waals surface area contributed by atoms with Crippen molar-refractivity contribution in [3.05, 3.63) is 11.1 Å². The van der Waals surface area contributed by atoms with E-state index in [0.717, 1.165) is 16.6 Å². The highest BCUT2D eigenvalue weighted by atomic mass is 32.1. The highest BCUT2D eigenvalue weighted by Crippen LogP contribution is 2.37. The molecule has 0 aliphatic rings. The van der Waals surface area contributed by atoms with E-state index in [1.54, 1.807) is 11.3 Å². The van der Waals surface area contributed by atoms with Crippen LogP contribution in [0.3, 0.4) is 0 Å². The van der Waals surface area contributed by atoms with E-state index in [-0.39, 0.29) is 10.8 Å². The molecule has 0 amide bonds. The normalized spacial score (nSPS) is 12.9. The minimum absolute atomic E-state index is 0.224. The zero-order chi connectivity index (χ0) is 12.4. The van der Waals surface area contributed by atoms with Crippen molar-refractivity contribution in [2.45, 2.75) is 41.2 Å². The van der Waals surface area contributed by atoms with Crippen molar-refractivity contribution in [3.8, 4) is 0 Å². The number of thiazole rings is 1. The first-order chi connectivity index (χ1) is 7.26. The molecule has 0 aliphatic carbocycles. The van der Waals surface area contributed by atoms with Crippen LogP contribution in [0.15, 0.2) is 6.20 Å². The standard InChI is InChI=1S/C12H23N3S/c1-11(2,3)12(4,5)8-15-10-14-7-9(6-13)16-10/h7H,6,8,13H2,1-5H3,(H,14,15). The molecule has 0 saturated heterocycles. The van der Waals surface area contributed by atoms with E-state index in [2.05, 4.69) is 44.9 Å². The summed E-state index contributed by atoms with van der Waals surface area (Å²) in [4.78, 5) is 5.42. The Morgan fingerprint density at radius 2 is 1.94 bits per heavy atom. The SMILES string of the molecule is CC(C)(C)C(C)(C)CNc1ncc(CN)s1. The molecule has 0 spiro atoms. The molecule has 1 aromatic heterocycles. The maximum absolute atomic E-state index is 5.56. The van der Waals surface area contributed by atoms with Crippen LogP contribution in [0, 0.1) is 10.8 Å². The molecule has 0 atom stereocenters. The topological polar surface area (TPSA) is 50.9 Å². The Kier molecular flexibility index (Phi) is 3.97. The van der Waals surface area contributed by atoms with Gasteiger partial charge in [-0.25, -0.2) is 4.98 Å². The van der Waals surface area contributed by atoms with Crippen molar-refractivity contribution < 1.29 is 0 Å². The third-order valence-electron chi connectivity index (χ3n) is 3.47. The lowest BCUT2D eigenvalue weighted by Gasteiger charge is -2.38. The van der Waals surface area contributed by atoms with E-state index < -0.39 is 0 Å². The van der Waals surface area contributed by atoms with Crippen molar-refractivity contribution in [1.29, 1.82) is 0 Å². The summed E-state index contributed by atoms with van der Waals surface area (Å²) < 4.78 is 0. The Morgan fingerprint density at radius 3 is 2.38 bits per heavy atom.